The minimum absolute atomic E-state index is 0.407. The number of phenols is 1. The summed E-state index contributed by atoms with van der Waals surface area (Å²) in [5, 5.41) is 10.6. The van der Waals surface area contributed by atoms with Crippen molar-refractivity contribution in [2.45, 2.75) is 65.8 Å². The van der Waals surface area contributed by atoms with Gasteiger partial charge in [-0.15, -0.1) is 0 Å². The summed E-state index contributed by atoms with van der Waals surface area (Å²) in [6.07, 6.45) is 2.11. The first-order valence-corrected chi connectivity index (χ1v) is 7.98. The molecule has 1 rings (SSSR count). The van der Waals surface area contributed by atoms with E-state index in [1.54, 1.807) is 0 Å². The van der Waals surface area contributed by atoms with Crippen LogP contribution in [0.5, 0.6) is 5.75 Å². The summed E-state index contributed by atoms with van der Waals surface area (Å²) in [4.78, 5) is 2.30. The van der Waals surface area contributed by atoms with Crippen molar-refractivity contribution >= 4 is 0 Å². The van der Waals surface area contributed by atoms with E-state index in [1.807, 2.05) is 0 Å². The lowest BCUT2D eigenvalue weighted by Gasteiger charge is -2.22. The fourth-order valence-corrected chi connectivity index (χ4v) is 2.45. The van der Waals surface area contributed by atoms with Gasteiger partial charge in [0.25, 0.3) is 0 Å². The van der Waals surface area contributed by atoms with Gasteiger partial charge in [-0.1, -0.05) is 46.8 Å². The van der Waals surface area contributed by atoms with Crippen LogP contribution in [0.4, 0.5) is 0 Å². The average Bonchev–Trinajstić information content (AvgIpc) is 2.46. The molecule has 0 spiro atoms. The molecule has 0 aliphatic carbocycles. The lowest BCUT2D eigenvalue weighted by Crippen LogP contribution is -2.17. The molecular formula is C18H31NO. The van der Waals surface area contributed by atoms with E-state index in [1.165, 1.54) is 5.56 Å². The van der Waals surface area contributed by atoms with Crippen LogP contribution in [0.1, 0.15) is 76.0 Å². The van der Waals surface area contributed by atoms with Crippen LogP contribution in [0.15, 0.2) is 12.1 Å². The zero-order valence-electron chi connectivity index (χ0n) is 14.0. The van der Waals surface area contributed by atoms with Crippen LogP contribution in [-0.4, -0.2) is 23.6 Å². The first kappa shape index (κ1) is 17.0. The van der Waals surface area contributed by atoms with Crippen molar-refractivity contribution in [3.63, 3.8) is 0 Å². The molecule has 0 radical (unpaired) electrons. The molecule has 114 valence electrons. The summed E-state index contributed by atoms with van der Waals surface area (Å²) in [6, 6.07) is 4.39. The summed E-state index contributed by atoms with van der Waals surface area (Å²) in [5.41, 5.74) is 3.55. The molecule has 0 heterocycles. The van der Waals surface area contributed by atoms with Crippen LogP contribution in [0, 0.1) is 0 Å². The van der Waals surface area contributed by atoms with Crippen LogP contribution in [-0.2, 0) is 6.54 Å². The number of nitrogens with zero attached hydrogens (tertiary/aromatic N) is 1. The number of phenolic OH excluding ortho intramolecular Hbond substituents is 1. The van der Waals surface area contributed by atoms with Gasteiger partial charge in [0.05, 0.1) is 0 Å². The standard InChI is InChI=1S/C18H31NO/c1-7-13(4)16-10-15(12-19(6)9-3)11-17(18(16)20)14(5)8-2/h10-11,13-14,20H,7-9,12H2,1-6H3. The third kappa shape index (κ3) is 3.99. The van der Waals surface area contributed by atoms with Gasteiger partial charge in [0.1, 0.15) is 5.75 Å². The molecule has 2 heteroatoms. The van der Waals surface area contributed by atoms with Crippen molar-refractivity contribution in [2.24, 2.45) is 0 Å². The molecule has 2 nitrogen and oxygen atoms in total. The van der Waals surface area contributed by atoms with Crippen LogP contribution in [0.3, 0.4) is 0 Å². The SMILES string of the molecule is CCC(C)c1cc(CN(C)CC)cc(C(C)CC)c1O. The van der Waals surface area contributed by atoms with E-state index in [4.69, 9.17) is 0 Å². The van der Waals surface area contributed by atoms with Gasteiger partial charge in [0.2, 0.25) is 0 Å². The van der Waals surface area contributed by atoms with E-state index in [-0.39, 0.29) is 0 Å². The zero-order valence-corrected chi connectivity index (χ0v) is 14.0. The molecule has 0 amide bonds. The highest BCUT2D eigenvalue weighted by Gasteiger charge is 2.17. The van der Waals surface area contributed by atoms with Gasteiger partial charge in [0, 0.05) is 6.54 Å². The number of hydrogen-bond donors (Lipinski definition) is 1. The van der Waals surface area contributed by atoms with Gasteiger partial charge in [-0.05, 0) is 55.0 Å². The lowest BCUT2D eigenvalue weighted by atomic mass is 9.88. The minimum atomic E-state index is 0.407. The molecule has 1 aromatic rings. The molecule has 2 atom stereocenters. The second-order valence-electron chi connectivity index (χ2n) is 6.07. The normalized spacial score (nSPS) is 14.6. The predicted molar refractivity (Wildman–Crippen MR) is 87.5 cm³/mol. The molecule has 0 aromatic heterocycles. The first-order valence-electron chi connectivity index (χ1n) is 7.98. The van der Waals surface area contributed by atoms with Crippen molar-refractivity contribution in [1.82, 2.24) is 4.90 Å². The highest BCUT2D eigenvalue weighted by Crippen LogP contribution is 2.37. The average molecular weight is 277 g/mol. The van der Waals surface area contributed by atoms with Crippen molar-refractivity contribution < 1.29 is 5.11 Å². The van der Waals surface area contributed by atoms with Crippen molar-refractivity contribution in [3.05, 3.63) is 28.8 Å². The molecule has 1 N–H and O–H groups in total. The molecule has 1 aromatic carbocycles. The molecule has 0 saturated carbocycles. The predicted octanol–water partition coefficient (Wildman–Crippen LogP) is 4.87. The van der Waals surface area contributed by atoms with Gasteiger partial charge in [0.15, 0.2) is 0 Å². The van der Waals surface area contributed by atoms with Gasteiger partial charge in [-0.25, -0.2) is 0 Å². The Bertz CT molecular complexity index is 396. The van der Waals surface area contributed by atoms with Crippen LogP contribution in [0.2, 0.25) is 0 Å². The van der Waals surface area contributed by atoms with Crippen molar-refractivity contribution in [2.75, 3.05) is 13.6 Å². The van der Waals surface area contributed by atoms with Crippen LogP contribution < -0.4 is 0 Å². The fourth-order valence-electron chi connectivity index (χ4n) is 2.45. The Morgan fingerprint density at radius 3 is 1.80 bits per heavy atom. The molecule has 20 heavy (non-hydrogen) atoms. The highest BCUT2D eigenvalue weighted by molar-refractivity contribution is 5.47. The Balaban J connectivity index is 3.26. The Labute approximate surface area is 124 Å². The smallest absolute Gasteiger partial charge is 0.122 e. The van der Waals surface area contributed by atoms with Crippen LogP contribution in [0.25, 0.3) is 0 Å². The van der Waals surface area contributed by atoms with Crippen molar-refractivity contribution in [1.29, 1.82) is 0 Å². The summed E-state index contributed by atoms with van der Waals surface area (Å²) in [5.74, 6) is 1.34. The van der Waals surface area contributed by atoms with E-state index >= 15 is 0 Å². The minimum Gasteiger partial charge on any atom is -0.507 e. The molecule has 0 aliphatic rings. The maximum atomic E-state index is 10.6. The van der Waals surface area contributed by atoms with Gasteiger partial charge in [-0.2, -0.15) is 0 Å². The van der Waals surface area contributed by atoms with Crippen molar-refractivity contribution in [3.8, 4) is 5.75 Å². The van der Waals surface area contributed by atoms with E-state index in [9.17, 15) is 5.11 Å². The fraction of sp³-hybridized carbons (Fsp3) is 0.667. The molecule has 0 bridgehead atoms. The quantitative estimate of drug-likeness (QED) is 0.768. The number of rotatable bonds is 7. The Kier molecular flexibility index (Phi) is 6.54. The van der Waals surface area contributed by atoms with Gasteiger partial charge < -0.3 is 10.0 Å². The zero-order chi connectivity index (χ0) is 15.3. The number of hydrogen-bond acceptors (Lipinski definition) is 2. The maximum Gasteiger partial charge on any atom is 0.122 e. The molecule has 0 aliphatic heterocycles. The molecule has 2 unspecified atom stereocenters. The Morgan fingerprint density at radius 2 is 1.45 bits per heavy atom. The summed E-state index contributed by atoms with van der Waals surface area (Å²) in [7, 11) is 2.14. The third-order valence-corrected chi connectivity index (χ3v) is 4.51. The second-order valence-corrected chi connectivity index (χ2v) is 6.07. The van der Waals surface area contributed by atoms with Gasteiger partial charge in [-0.3, -0.25) is 0 Å². The molecular weight excluding hydrogens is 246 g/mol. The highest BCUT2D eigenvalue weighted by atomic mass is 16.3. The molecule has 0 saturated heterocycles. The first-order chi connectivity index (χ1) is 9.44. The van der Waals surface area contributed by atoms with E-state index in [0.717, 1.165) is 37.1 Å². The lowest BCUT2D eigenvalue weighted by molar-refractivity contribution is 0.345. The van der Waals surface area contributed by atoms with E-state index < -0.39 is 0 Å². The monoisotopic (exact) mass is 277 g/mol. The Morgan fingerprint density at radius 1 is 1.00 bits per heavy atom. The maximum absolute atomic E-state index is 10.6. The number of aromatic hydroxyl groups is 1. The molecule has 0 fully saturated rings. The van der Waals surface area contributed by atoms with E-state index in [0.29, 0.717) is 17.6 Å². The second kappa shape index (κ2) is 7.68. The third-order valence-electron chi connectivity index (χ3n) is 4.51. The summed E-state index contributed by atoms with van der Waals surface area (Å²) >= 11 is 0. The Hall–Kier alpha value is -1.02. The van der Waals surface area contributed by atoms with Crippen LogP contribution >= 0.6 is 0 Å². The number of benzene rings is 1. The summed E-state index contributed by atoms with van der Waals surface area (Å²) < 4.78 is 0. The topological polar surface area (TPSA) is 23.5 Å². The van der Waals surface area contributed by atoms with E-state index in [2.05, 4.69) is 58.7 Å². The van der Waals surface area contributed by atoms with Gasteiger partial charge >= 0.3 is 0 Å². The largest absolute Gasteiger partial charge is 0.507 e. The summed E-state index contributed by atoms with van der Waals surface area (Å²) in [6.45, 7) is 12.9.